The number of rotatable bonds is 8. The molecule has 0 aliphatic heterocycles. The quantitative estimate of drug-likeness (QED) is 0.277. The number of nitrogens with one attached hydrogen (secondary N) is 2. The summed E-state index contributed by atoms with van der Waals surface area (Å²) in [6, 6.07) is 20.2. The monoisotopic (exact) mass is 505 g/mol. The third-order valence-electron chi connectivity index (χ3n) is 4.27. The number of nitrogens with zero attached hydrogens (tertiary/aromatic N) is 3. The van der Waals surface area contributed by atoms with Crippen molar-refractivity contribution in [3.8, 4) is 5.75 Å². The van der Waals surface area contributed by atoms with Crippen molar-refractivity contribution in [2.45, 2.75) is 26.6 Å². The summed E-state index contributed by atoms with van der Waals surface area (Å²) in [4.78, 5) is 4.68. The molecule has 0 spiro atoms. The minimum Gasteiger partial charge on any atom is -0.489 e. The zero-order valence-corrected chi connectivity index (χ0v) is 19.2. The van der Waals surface area contributed by atoms with E-state index in [1.54, 1.807) is 6.20 Å². The highest BCUT2D eigenvalue weighted by atomic mass is 127. The van der Waals surface area contributed by atoms with Crippen molar-refractivity contribution >= 4 is 29.9 Å². The molecular formula is C22H28IN5O. The number of aromatic nitrogens is 2. The molecule has 0 bridgehead atoms. The first-order chi connectivity index (χ1) is 13.7. The maximum atomic E-state index is 5.91. The van der Waals surface area contributed by atoms with Gasteiger partial charge in [-0.1, -0.05) is 42.5 Å². The zero-order valence-electron chi connectivity index (χ0n) is 16.8. The number of aliphatic imine (C=N–C) groups is 1. The summed E-state index contributed by atoms with van der Waals surface area (Å²) in [5, 5.41) is 10.8. The molecule has 0 saturated carbocycles. The van der Waals surface area contributed by atoms with Crippen LogP contribution in [0, 0.1) is 0 Å². The van der Waals surface area contributed by atoms with Crippen LogP contribution in [0.5, 0.6) is 5.75 Å². The van der Waals surface area contributed by atoms with Gasteiger partial charge in [0.25, 0.3) is 0 Å². The third-order valence-corrected chi connectivity index (χ3v) is 4.27. The fourth-order valence-electron chi connectivity index (χ4n) is 2.74. The Labute approximate surface area is 189 Å². The van der Waals surface area contributed by atoms with Crippen molar-refractivity contribution in [2.24, 2.45) is 12.0 Å². The second-order valence-corrected chi connectivity index (χ2v) is 6.42. The van der Waals surface area contributed by atoms with Gasteiger partial charge in [-0.2, -0.15) is 5.10 Å². The minimum absolute atomic E-state index is 0. The molecule has 6 nitrogen and oxygen atoms in total. The van der Waals surface area contributed by atoms with E-state index in [-0.39, 0.29) is 24.0 Å². The van der Waals surface area contributed by atoms with Crippen LogP contribution in [0.3, 0.4) is 0 Å². The second-order valence-electron chi connectivity index (χ2n) is 6.42. The number of guanidine groups is 1. The van der Waals surface area contributed by atoms with Crippen LogP contribution in [-0.2, 0) is 26.7 Å². The molecule has 2 N–H and O–H groups in total. The van der Waals surface area contributed by atoms with Gasteiger partial charge in [0.1, 0.15) is 12.4 Å². The molecule has 2 aromatic carbocycles. The number of hydrogen-bond donors (Lipinski definition) is 2. The van der Waals surface area contributed by atoms with Crippen molar-refractivity contribution < 1.29 is 4.74 Å². The van der Waals surface area contributed by atoms with Crippen LogP contribution in [0.15, 0.2) is 71.9 Å². The molecule has 0 aliphatic rings. The molecule has 1 aromatic heterocycles. The highest BCUT2D eigenvalue weighted by Gasteiger charge is 2.02. The summed E-state index contributed by atoms with van der Waals surface area (Å²) in [6.07, 6.45) is 1.79. The number of benzene rings is 2. The molecule has 0 unspecified atom stereocenters. The van der Waals surface area contributed by atoms with Gasteiger partial charge in [-0.05, 0) is 36.2 Å². The van der Waals surface area contributed by atoms with Gasteiger partial charge in [0.15, 0.2) is 5.96 Å². The topological polar surface area (TPSA) is 63.5 Å². The number of halogens is 1. The van der Waals surface area contributed by atoms with Crippen molar-refractivity contribution in [3.05, 3.63) is 83.7 Å². The molecular weight excluding hydrogens is 477 g/mol. The SMILES string of the molecule is CCNC(=NCc1cccc(OCc2ccccc2)c1)NCc1ccnn1C.I. The smallest absolute Gasteiger partial charge is 0.191 e. The van der Waals surface area contributed by atoms with Crippen LogP contribution < -0.4 is 15.4 Å². The molecule has 3 aromatic rings. The standard InChI is InChI=1S/C22H27N5O.HI/c1-3-23-22(25-16-20-12-13-26-27(20)2)24-15-19-10-7-11-21(14-19)28-17-18-8-5-4-6-9-18;/h4-14H,3,15-17H2,1-2H3,(H2,23,24,25);1H. The van der Waals surface area contributed by atoms with Crippen molar-refractivity contribution in [2.75, 3.05) is 6.54 Å². The number of ether oxygens (including phenoxy) is 1. The number of hydrogen-bond acceptors (Lipinski definition) is 3. The third kappa shape index (κ3) is 7.41. The molecule has 0 saturated heterocycles. The van der Waals surface area contributed by atoms with Crippen molar-refractivity contribution in [1.82, 2.24) is 20.4 Å². The van der Waals surface area contributed by atoms with Gasteiger partial charge in [-0.15, -0.1) is 24.0 Å². The molecule has 0 aliphatic carbocycles. The summed E-state index contributed by atoms with van der Waals surface area (Å²) in [5.41, 5.74) is 3.35. The lowest BCUT2D eigenvalue weighted by molar-refractivity contribution is 0.306. The summed E-state index contributed by atoms with van der Waals surface area (Å²) >= 11 is 0. The van der Waals surface area contributed by atoms with Crippen molar-refractivity contribution in [3.63, 3.8) is 0 Å². The molecule has 0 atom stereocenters. The highest BCUT2D eigenvalue weighted by Crippen LogP contribution is 2.16. The van der Waals surface area contributed by atoms with Crippen molar-refractivity contribution in [1.29, 1.82) is 0 Å². The predicted octanol–water partition coefficient (Wildman–Crippen LogP) is 3.87. The lowest BCUT2D eigenvalue weighted by Gasteiger charge is -2.12. The maximum Gasteiger partial charge on any atom is 0.191 e. The normalized spacial score (nSPS) is 10.9. The molecule has 29 heavy (non-hydrogen) atoms. The van der Waals surface area contributed by atoms with Gasteiger partial charge in [-0.3, -0.25) is 4.68 Å². The molecule has 3 rings (SSSR count). The van der Waals surface area contributed by atoms with Crippen LogP contribution >= 0.6 is 24.0 Å². The Morgan fingerprint density at radius 2 is 1.83 bits per heavy atom. The van der Waals surface area contributed by atoms with Gasteiger partial charge in [0, 0.05) is 19.8 Å². The Hall–Kier alpha value is -2.55. The fraction of sp³-hybridized carbons (Fsp3) is 0.273. The first-order valence-corrected chi connectivity index (χ1v) is 9.49. The summed E-state index contributed by atoms with van der Waals surface area (Å²) in [5.74, 6) is 1.63. The van der Waals surface area contributed by atoms with Crippen LogP contribution in [0.2, 0.25) is 0 Å². The maximum absolute atomic E-state index is 5.91. The zero-order chi connectivity index (χ0) is 19.6. The minimum atomic E-state index is 0. The molecule has 154 valence electrons. The lowest BCUT2D eigenvalue weighted by Crippen LogP contribution is -2.37. The molecule has 0 radical (unpaired) electrons. The first kappa shape index (κ1) is 22.7. The highest BCUT2D eigenvalue weighted by molar-refractivity contribution is 14.0. The predicted molar refractivity (Wildman–Crippen MR) is 127 cm³/mol. The van der Waals surface area contributed by atoms with E-state index in [4.69, 9.17) is 4.74 Å². The van der Waals surface area contributed by atoms with E-state index < -0.39 is 0 Å². The Balaban J connectivity index is 0.00000300. The Bertz CT molecular complexity index is 895. The lowest BCUT2D eigenvalue weighted by atomic mass is 10.2. The second kappa shape index (κ2) is 12.1. The van der Waals surface area contributed by atoms with Gasteiger partial charge in [-0.25, -0.2) is 4.99 Å². The molecule has 0 amide bonds. The van der Waals surface area contributed by atoms with E-state index in [1.165, 1.54) is 0 Å². The number of aryl methyl sites for hydroxylation is 1. The molecule has 0 fully saturated rings. The van der Waals surface area contributed by atoms with Gasteiger partial charge < -0.3 is 15.4 Å². The Morgan fingerprint density at radius 3 is 2.55 bits per heavy atom. The molecule has 7 heteroatoms. The Morgan fingerprint density at radius 1 is 1.03 bits per heavy atom. The fourth-order valence-corrected chi connectivity index (χ4v) is 2.74. The van der Waals surface area contributed by atoms with E-state index in [0.717, 1.165) is 35.1 Å². The molecule has 1 heterocycles. The van der Waals surface area contributed by atoms with Crippen LogP contribution in [0.4, 0.5) is 0 Å². The van der Waals surface area contributed by atoms with E-state index in [2.05, 4.69) is 45.8 Å². The Kier molecular flexibility index (Phi) is 9.49. The average molecular weight is 505 g/mol. The largest absolute Gasteiger partial charge is 0.489 e. The van der Waals surface area contributed by atoms with Crippen LogP contribution in [-0.4, -0.2) is 22.3 Å². The van der Waals surface area contributed by atoms with Crippen LogP contribution in [0.25, 0.3) is 0 Å². The van der Waals surface area contributed by atoms with E-state index in [1.807, 2.05) is 54.2 Å². The summed E-state index contributed by atoms with van der Waals surface area (Å²) < 4.78 is 7.76. The van der Waals surface area contributed by atoms with Gasteiger partial charge >= 0.3 is 0 Å². The van der Waals surface area contributed by atoms with Gasteiger partial charge in [0.05, 0.1) is 18.8 Å². The van der Waals surface area contributed by atoms with Crippen LogP contribution in [0.1, 0.15) is 23.7 Å². The van der Waals surface area contributed by atoms with Gasteiger partial charge in [0.2, 0.25) is 0 Å². The van der Waals surface area contributed by atoms with E-state index in [0.29, 0.717) is 19.7 Å². The summed E-state index contributed by atoms with van der Waals surface area (Å²) in [6.45, 7) is 4.66. The van der Waals surface area contributed by atoms with E-state index in [9.17, 15) is 0 Å². The van der Waals surface area contributed by atoms with E-state index >= 15 is 0 Å². The average Bonchev–Trinajstić information content (AvgIpc) is 3.14. The summed E-state index contributed by atoms with van der Waals surface area (Å²) in [7, 11) is 1.93. The first-order valence-electron chi connectivity index (χ1n) is 9.49.